The fraction of sp³-hybridized carbons (Fsp3) is 0.900. The highest BCUT2D eigenvalue weighted by atomic mass is 15.3. The summed E-state index contributed by atoms with van der Waals surface area (Å²) >= 11 is 0. The van der Waals surface area contributed by atoms with Crippen molar-refractivity contribution in [2.24, 2.45) is 10.7 Å². The third-order valence-electron chi connectivity index (χ3n) is 2.49. The Bertz CT molecular complexity index is 187. The van der Waals surface area contributed by atoms with Gasteiger partial charge in [0.1, 0.15) is 0 Å². The summed E-state index contributed by atoms with van der Waals surface area (Å²) in [7, 11) is 0. The first-order valence-corrected chi connectivity index (χ1v) is 5.21. The first kappa shape index (κ1) is 10.4. The summed E-state index contributed by atoms with van der Waals surface area (Å²) in [5, 5.41) is 0. The molecule has 76 valence electrons. The molecule has 13 heavy (non-hydrogen) atoms. The monoisotopic (exact) mass is 183 g/mol. The minimum atomic E-state index is 0.300. The Kier molecular flexibility index (Phi) is 3.58. The number of rotatable bonds is 1. The standard InChI is InChI=1S/C10H21N3/c1-8(2)12-10(11)13-7-5-4-6-9(13)3/h8-9H,4-7H2,1-3H3,(H2,11,12). The number of nitrogens with two attached hydrogens (primary N) is 1. The van der Waals surface area contributed by atoms with E-state index in [1.807, 2.05) is 0 Å². The molecule has 3 nitrogen and oxygen atoms in total. The highest BCUT2D eigenvalue weighted by Gasteiger charge is 2.19. The van der Waals surface area contributed by atoms with Crippen LogP contribution in [-0.4, -0.2) is 29.5 Å². The van der Waals surface area contributed by atoms with E-state index >= 15 is 0 Å². The van der Waals surface area contributed by atoms with Gasteiger partial charge < -0.3 is 10.6 Å². The van der Waals surface area contributed by atoms with Crippen LogP contribution in [0.4, 0.5) is 0 Å². The van der Waals surface area contributed by atoms with Crippen molar-refractivity contribution in [2.45, 2.75) is 52.1 Å². The summed E-state index contributed by atoms with van der Waals surface area (Å²) in [6.07, 6.45) is 3.82. The van der Waals surface area contributed by atoms with Crippen LogP contribution < -0.4 is 5.73 Å². The molecule has 1 aliphatic rings. The lowest BCUT2D eigenvalue weighted by Crippen LogP contribution is -2.46. The second-order valence-corrected chi connectivity index (χ2v) is 4.12. The lowest BCUT2D eigenvalue weighted by Gasteiger charge is -2.34. The van der Waals surface area contributed by atoms with E-state index in [4.69, 9.17) is 5.73 Å². The molecule has 1 atom stereocenters. The molecule has 0 aromatic rings. The molecule has 0 aromatic carbocycles. The van der Waals surface area contributed by atoms with Gasteiger partial charge in [-0.1, -0.05) is 0 Å². The number of hydrogen-bond acceptors (Lipinski definition) is 1. The Balaban J connectivity index is 2.58. The molecular formula is C10H21N3. The van der Waals surface area contributed by atoms with Crippen molar-refractivity contribution in [3.8, 4) is 0 Å². The van der Waals surface area contributed by atoms with Crippen LogP contribution in [0.2, 0.25) is 0 Å². The van der Waals surface area contributed by atoms with Crippen molar-refractivity contribution in [3.05, 3.63) is 0 Å². The van der Waals surface area contributed by atoms with Gasteiger partial charge in [0.05, 0.1) is 0 Å². The Morgan fingerprint density at radius 3 is 2.69 bits per heavy atom. The molecule has 1 fully saturated rings. The second kappa shape index (κ2) is 4.49. The smallest absolute Gasteiger partial charge is 0.191 e. The quantitative estimate of drug-likeness (QED) is 0.495. The maximum Gasteiger partial charge on any atom is 0.191 e. The van der Waals surface area contributed by atoms with Crippen LogP contribution in [0.5, 0.6) is 0 Å². The summed E-state index contributed by atoms with van der Waals surface area (Å²) in [6, 6.07) is 0.866. The van der Waals surface area contributed by atoms with Crippen LogP contribution in [0.3, 0.4) is 0 Å². The van der Waals surface area contributed by atoms with Crippen LogP contribution in [-0.2, 0) is 0 Å². The number of likely N-dealkylation sites (tertiary alicyclic amines) is 1. The Morgan fingerprint density at radius 1 is 1.46 bits per heavy atom. The van der Waals surface area contributed by atoms with E-state index in [2.05, 4.69) is 30.7 Å². The Hall–Kier alpha value is -0.730. The molecule has 0 saturated carbocycles. The normalized spacial score (nSPS) is 25.4. The predicted octanol–water partition coefficient (Wildman–Crippen LogP) is 1.58. The van der Waals surface area contributed by atoms with E-state index in [-0.39, 0.29) is 0 Å². The minimum Gasteiger partial charge on any atom is -0.370 e. The summed E-state index contributed by atoms with van der Waals surface area (Å²) in [5.41, 5.74) is 5.92. The van der Waals surface area contributed by atoms with Gasteiger partial charge in [-0.15, -0.1) is 0 Å². The lowest BCUT2D eigenvalue weighted by atomic mass is 10.0. The maximum atomic E-state index is 5.92. The lowest BCUT2D eigenvalue weighted by molar-refractivity contribution is 0.254. The number of nitrogens with zero attached hydrogens (tertiary/aromatic N) is 2. The molecule has 1 heterocycles. The molecule has 0 spiro atoms. The minimum absolute atomic E-state index is 0.300. The predicted molar refractivity (Wildman–Crippen MR) is 56.8 cm³/mol. The molecular weight excluding hydrogens is 162 g/mol. The van der Waals surface area contributed by atoms with Gasteiger partial charge in [0.15, 0.2) is 5.96 Å². The van der Waals surface area contributed by atoms with Crippen LogP contribution in [0.1, 0.15) is 40.0 Å². The van der Waals surface area contributed by atoms with E-state index in [1.54, 1.807) is 0 Å². The summed E-state index contributed by atoms with van der Waals surface area (Å²) in [5.74, 6) is 0.724. The van der Waals surface area contributed by atoms with Crippen molar-refractivity contribution >= 4 is 5.96 Å². The van der Waals surface area contributed by atoms with Crippen molar-refractivity contribution in [1.82, 2.24) is 4.90 Å². The van der Waals surface area contributed by atoms with Crippen molar-refractivity contribution in [3.63, 3.8) is 0 Å². The first-order valence-electron chi connectivity index (χ1n) is 5.21. The molecule has 1 rings (SSSR count). The summed E-state index contributed by atoms with van der Waals surface area (Å²) in [6.45, 7) is 7.41. The van der Waals surface area contributed by atoms with Crippen LogP contribution in [0, 0.1) is 0 Å². The van der Waals surface area contributed by atoms with Gasteiger partial charge in [0.2, 0.25) is 0 Å². The van der Waals surface area contributed by atoms with E-state index in [9.17, 15) is 0 Å². The van der Waals surface area contributed by atoms with Crippen LogP contribution in [0.25, 0.3) is 0 Å². The third-order valence-corrected chi connectivity index (χ3v) is 2.49. The van der Waals surface area contributed by atoms with Crippen LogP contribution in [0.15, 0.2) is 4.99 Å². The largest absolute Gasteiger partial charge is 0.370 e. The highest BCUT2D eigenvalue weighted by Crippen LogP contribution is 2.15. The third kappa shape index (κ3) is 2.90. The maximum absolute atomic E-state index is 5.92. The molecule has 2 N–H and O–H groups in total. The zero-order valence-corrected chi connectivity index (χ0v) is 8.95. The molecule has 3 heteroatoms. The second-order valence-electron chi connectivity index (χ2n) is 4.12. The number of piperidine rings is 1. The van der Waals surface area contributed by atoms with Gasteiger partial charge in [-0.25, -0.2) is 0 Å². The van der Waals surface area contributed by atoms with Gasteiger partial charge in [-0.3, -0.25) is 4.99 Å². The number of guanidine groups is 1. The summed E-state index contributed by atoms with van der Waals surface area (Å²) < 4.78 is 0. The number of aliphatic imine (C=N–C) groups is 1. The van der Waals surface area contributed by atoms with E-state index in [1.165, 1.54) is 19.3 Å². The zero-order chi connectivity index (χ0) is 9.84. The van der Waals surface area contributed by atoms with Gasteiger partial charge >= 0.3 is 0 Å². The molecule has 0 bridgehead atoms. The van der Waals surface area contributed by atoms with E-state index in [0.717, 1.165) is 12.5 Å². The van der Waals surface area contributed by atoms with Crippen molar-refractivity contribution in [1.29, 1.82) is 0 Å². The molecule has 0 aliphatic carbocycles. The average molecular weight is 183 g/mol. The average Bonchev–Trinajstić information content (AvgIpc) is 2.03. The van der Waals surface area contributed by atoms with Gasteiger partial charge in [-0.2, -0.15) is 0 Å². The summed E-state index contributed by atoms with van der Waals surface area (Å²) in [4.78, 5) is 6.60. The van der Waals surface area contributed by atoms with Gasteiger partial charge in [-0.05, 0) is 40.0 Å². The topological polar surface area (TPSA) is 41.6 Å². The zero-order valence-electron chi connectivity index (χ0n) is 8.95. The first-order chi connectivity index (χ1) is 6.11. The van der Waals surface area contributed by atoms with Crippen molar-refractivity contribution in [2.75, 3.05) is 6.54 Å². The molecule has 0 radical (unpaired) electrons. The Morgan fingerprint density at radius 2 is 2.15 bits per heavy atom. The van der Waals surface area contributed by atoms with E-state index < -0.39 is 0 Å². The molecule has 0 amide bonds. The number of hydrogen-bond donors (Lipinski definition) is 1. The van der Waals surface area contributed by atoms with Crippen molar-refractivity contribution < 1.29 is 0 Å². The highest BCUT2D eigenvalue weighted by molar-refractivity contribution is 5.78. The van der Waals surface area contributed by atoms with Gasteiger partial charge in [0.25, 0.3) is 0 Å². The molecule has 1 unspecified atom stereocenters. The molecule has 1 saturated heterocycles. The fourth-order valence-corrected chi connectivity index (χ4v) is 1.78. The van der Waals surface area contributed by atoms with Crippen LogP contribution >= 0.6 is 0 Å². The molecule has 1 aliphatic heterocycles. The Labute approximate surface area is 81.0 Å². The van der Waals surface area contributed by atoms with Gasteiger partial charge in [0, 0.05) is 18.6 Å². The molecule has 0 aromatic heterocycles. The fourth-order valence-electron chi connectivity index (χ4n) is 1.78. The van der Waals surface area contributed by atoms with E-state index in [0.29, 0.717) is 12.1 Å². The SMILES string of the molecule is CC(C)N=C(N)N1CCCCC1C.